The van der Waals surface area contributed by atoms with Crippen molar-refractivity contribution in [2.24, 2.45) is 5.92 Å². The summed E-state index contributed by atoms with van der Waals surface area (Å²) in [4.78, 5) is 0. The normalized spacial score (nSPS) is 21.9. The third kappa shape index (κ3) is 2.06. The smallest absolute Gasteiger partial charge is 0.00178 e. The van der Waals surface area contributed by atoms with Gasteiger partial charge in [0.1, 0.15) is 0 Å². The number of rotatable bonds is 3. The predicted octanol–water partition coefficient (Wildman–Crippen LogP) is 4.42. The summed E-state index contributed by atoms with van der Waals surface area (Å²) < 4.78 is 0. The molecule has 1 atom stereocenters. The van der Waals surface area contributed by atoms with Crippen molar-refractivity contribution in [1.29, 1.82) is 0 Å². The summed E-state index contributed by atoms with van der Waals surface area (Å²) in [6.07, 6.45) is 6.58. The zero-order chi connectivity index (χ0) is 10.7. The Morgan fingerprint density at radius 2 is 2.29 bits per heavy atom. The zero-order valence-electron chi connectivity index (χ0n) is 9.56. The highest BCUT2D eigenvalue weighted by molar-refractivity contribution is 5.43. The van der Waals surface area contributed by atoms with Crippen molar-refractivity contribution in [2.75, 3.05) is 0 Å². The minimum Gasteiger partial charge on any atom is -0.102 e. The van der Waals surface area contributed by atoms with E-state index >= 15 is 0 Å². The van der Waals surface area contributed by atoms with E-state index in [0.29, 0.717) is 5.92 Å². The molecule has 0 heterocycles. The van der Waals surface area contributed by atoms with Crippen LogP contribution in [0.1, 0.15) is 33.6 Å². The van der Waals surface area contributed by atoms with Gasteiger partial charge in [-0.25, -0.2) is 0 Å². The third-order valence-corrected chi connectivity index (χ3v) is 2.99. The van der Waals surface area contributed by atoms with Crippen molar-refractivity contribution in [3.8, 4) is 0 Å². The molecule has 0 bridgehead atoms. The predicted molar refractivity (Wildman–Crippen MR) is 64.2 cm³/mol. The van der Waals surface area contributed by atoms with Gasteiger partial charge in [0.25, 0.3) is 0 Å². The van der Waals surface area contributed by atoms with Gasteiger partial charge in [-0.1, -0.05) is 36.8 Å². The molecule has 0 nitrogen and oxygen atoms in total. The van der Waals surface area contributed by atoms with E-state index in [1.54, 1.807) is 0 Å². The molecule has 0 saturated carbocycles. The second-order valence-electron chi connectivity index (χ2n) is 4.06. The standard InChI is InChI=1S/C14H20/c1-6-12-8-11(5)14(10(3)4)9-13(12)7-2/h7-8,13H,2-3,6,9H2,1,4-5H3. The molecule has 1 aliphatic carbocycles. The first kappa shape index (κ1) is 11.0. The Hall–Kier alpha value is -1.04. The molecular weight excluding hydrogens is 168 g/mol. The summed E-state index contributed by atoms with van der Waals surface area (Å²) in [7, 11) is 0. The summed E-state index contributed by atoms with van der Waals surface area (Å²) >= 11 is 0. The number of hydrogen-bond acceptors (Lipinski definition) is 0. The van der Waals surface area contributed by atoms with Gasteiger partial charge in [-0.15, -0.1) is 6.58 Å². The summed E-state index contributed by atoms with van der Waals surface area (Å²) in [5.74, 6) is 0.524. The highest BCUT2D eigenvalue weighted by Gasteiger charge is 2.18. The molecule has 0 heteroatoms. The molecule has 0 radical (unpaired) electrons. The topological polar surface area (TPSA) is 0 Å². The van der Waals surface area contributed by atoms with Crippen LogP contribution in [-0.4, -0.2) is 0 Å². The molecular formula is C14H20. The van der Waals surface area contributed by atoms with Crippen LogP contribution in [0.25, 0.3) is 0 Å². The van der Waals surface area contributed by atoms with Gasteiger partial charge in [-0.05, 0) is 37.8 Å². The molecule has 0 fully saturated rings. The molecule has 0 saturated heterocycles. The van der Waals surface area contributed by atoms with Gasteiger partial charge in [0.05, 0.1) is 0 Å². The largest absolute Gasteiger partial charge is 0.102 e. The third-order valence-electron chi connectivity index (χ3n) is 2.99. The lowest BCUT2D eigenvalue weighted by Gasteiger charge is -2.24. The van der Waals surface area contributed by atoms with Crippen LogP contribution < -0.4 is 0 Å². The first-order valence-corrected chi connectivity index (χ1v) is 5.28. The van der Waals surface area contributed by atoms with Crippen molar-refractivity contribution >= 4 is 0 Å². The fourth-order valence-electron chi connectivity index (χ4n) is 2.09. The molecule has 1 unspecified atom stereocenters. The van der Waals surface area contributed by atoms with Crippen LogP contribution in [0.4, 0.5) is 0 Å². The SMILES string of the molecule is C=CC1CC(C(=C)C)=C(C)C=C1CC. The lowest BCUT2D eigenvalue weighted by atomic mass is 9.81. The highest BCUT2D eigenvalue weighted by Crippen LogP contribution is 2.34. The Morgan fingerprint density at radius 1 is 1.64 bits per heavy atom. The Balaban J connectivity index is 3.06. The fraction of sp³-hybridized carbons (Fsp3) is 0.429. The molecule has 0 amide bonds. The van der Waals surface area contributed by atoms with Crippen LogP contribution in [0.2, 0.25) is 0 Å². The summed E-state index contributed by atoms with van der Waals surface area (Å²) in [5.41, 5.74) is 5.49. The summed E-state index contributed by atoms with van der Waals surface area (Å²) in [5, 5.41) is 0. The van der Waals surface area contributed by atoms with Crippen molar-refractivity contribution in [1.82, 2.24) is 0 Å². The van der Waals surface area contributed by atoms with E-state index in [1.807, 2.05) is 0 Å². The van der Waals surface area contributed by atoms with Crippen molar-refractivity contribution in [3.63, 3.8) is 0 Å². The second kappa shape index (κ2) is 4.45. The summed E-state index contributed by atoms with van der Waals surface area (Å²) in [6, 6.07) is 0. The lowest BCUT2D eigenvalue weighted by Crippen LogP contribution is -2.09. The van der Waals surface area contributed by atoms with E-state index in [4.69, 9.17) is 0 Å². The van der Waals surface area contributed by atoms with E-state index in [9.17, 15) is 0 Å². The maximum Gasteiger partial charge on any atom is 0.00178 e. The second-order valence-corrected chi connectivity index (χ2v) is 4.06. The van der Waals surface area contributed by atoms with Gasteiger partial charge >= 0.3 is 0 Å². The van der Waals surface area contributed by atoms with E-state index in [2.05, 4.69) is 46.1 Å². The average Bonchev–Trinajstić information content (AvgIpc) is 2.16. The minimum absolute atomic E-state index is 0.524. The van der Waals surface area contributed by atoms with Crippen molar-refractivity contribution in [3.05, 3.63) is 47.6 Å². The fourth-order valence-corrected chi connectivity index (χ4v) is 2.09. The minimum atomic E-state index is 0.524. The molecule has 0 N–H and O–H groups in total. The molecule has 0 aromatic rings. The van der Waals surface area contributed by atoms with Crippen LogP contribution in [0.15, 0.2) is 47.6 Å². The van der Waals surface area contributed by atoms with Crippen LogP contribution in [0.3, 0.4) is 0 Å². The van der Waals surface area contributed by atoms with Crippen molar-refractivity contribution < 1.29 is 0 Å². The monoisotopic (exact) mass is 188 g/mol. The molecule has 0 aromatic carbocycles. The van der Waals surface area contributed by atoms with Crippen LogP contribution in [0, 0.1) is 5.92 Å². The molecule has 0 aliphatic heterocycles. The number of hydrogen-bond donors (Lipinski definition) is 0. The van der Waals surface area contributed by atoms with Crippen LogP contribution in [-0.2, 0) is 0 Å². The van der Waals surface area contributed by atoms with Gasteiger partial charge in [0.15, 0.2) is 0 Å². The lowest BCUT2D eigenvalue weighted by molar-refractivity contribution is 0.701. The highest BCUT2D eigenvalue weighted by atomic mass is 14.2. The molecule has 0 spiro atoms. The molecule has 1 aliphatic rings. The maximum atomic E-state index is 4.03. The van der Waals surface area contributed by atoms with Gasteiger partial charge in [-0.2, -0.15) is 0 Å². The van der Waals surface area contributed by atoms with E-state index in [1.165, 1.54) is 22.3 Å². The molecule has 76 valence electrons. The Labute approximate surface area is 87.7 Å². The van der Waals surface area contributed by atoms with Gasteiger partial charge in [-0.3, -0.25) is 0 Å². The zero-order valence-corrected chi connectivity index (χ0v) is 9.56. The van der Waals surface area contributed by atoms with Crippen LogP contribution >= 0.6 is 0 Å². The quantitative estimate of drug-likeness (QED) is 0.575. The Morgan fingerprint density at radius 3 is 2.71 bits per heavy atom. The maximum absolute atomic E-state index is 4.03. The molecule has 1 rings (SSSR count). The van der Waals surface area contributed by atoms with Crippen molar-refractivity contribution in [2.45, 2.75) is 33.6 Å². The van der Waals surface area contributed by atoms with Crippen LogP contribution in [0.5, 0.6) is 0 Å². The summed E-state index contributed by atoms with van der Waals surface area (Å²) in [6.45, 7) is 14.4. The van der Waals surface area contributed by atoms with E-state index in [0.717, 1.165) is 12.8 Å². The van der Waals surface area contributed by atoms with E-state index in [-0.39, 0.29) is 0 Å². The van der Waals surface area contributed by atoms with Gasteiger partial charge in [0.2, 0.25) is 0 Å². The first-order chi connectivity index (χ1) is 6.60. The molecule has 14 heavy (non-hydrogen) atoms. The van der Waals surface area contributed by atoms with Gasteiger partial charge < -0.3 is 0 Å². The number of allylic oxidation sites excluding steroid dienone is 6. The molecule has 0 aromatic heterocycles. The Bertz CT molecular complexity index is 313. The van der Waals surface area contributed by atoms with E-state index < -0.39 is 0 Å². The van der Waals surface area contributed by atoms with Gasteiger partial charge in [0, 0.05) is 5.92 Å². The Kier molecular flexibility index (Phi) is 3.51. The average molecular weight is 188 g/mol. The first-order valence-electron chi connectivity index (χ1n) is 5.28.